The van der Waals surface area contributed by atoms with Crippen LogP contribution in [-0.4, -0.2) is 45.6 Å². The van der Waals surface area contributed by atoms with Gasteiger partial charge in [0.2, 0.25) is 11.8 Å². The maximum absolute atomic E-state index is 12.1. The van der Waals surface area contributed by atoms with Gasteiger partial charge in [0.15, 0.2) is 0 Å². The summed E-state index contributed by atoms with van der Waals surface area (Å²) in [4.78, 5) is 12.0. The average Bonchev–Trinajstić information content (AvgIpc) is 2.67. The van der Waals surface area contributed by atoms with Crippen LogP contribution in [0.25, 0.3) is 0 Å². The van der Waals surface area contributed by atoms with Crippen molar-refractivity contribution in [2.75, 3.05) is 13.1 Å². The number of aromatic nitrogens is 2. The maximum atomic E-state index is 12.1. The summed E-state index contributed by atoms with van der Waals surface area (Å²) in [6, 6.07) is 0. The summed E-state index contributed by atoms with van der Waals surface area (Å²) in [7, 11) is 0. The van der Waals surface area contributed by atoms with E-state index in [0.717, 1.165) is 0 Å². The second kappa shape index (κ2) is 3.84. The molecule has 9 heteroatoms. The van der Waals surface area contributed by atoms with Gasteiger partial charge in [0.1, 0.15) is 6.42 Å². The molecular weight excluding hydrogens is 267 g/mol. The van der Waals surface area contributed by atoms with Crippen molar-refractivity contribution in [1.82, 2.24) is 15.1 Å². The van der Waals surface area contributed by atoms with Crippen LogP contribution in [0.3, 0.4) is 0 Å². The van der Waals surface area contributed by atoms with E-state index in [9.17, 15) is 18.0 Å². The van der Waals surface area contributed by atoms with Gasteiger partial charge in [-0.3, -0.25) is 0 Å². The van der Waals surface area contributed by atoms with E-state index in [1.165, 1.54) is 4.90 Å². The van der Waals surface area contributed by atoms with E-state index in [2.05, 4.69) is 10.2 Å². The van der Waals surface area contributed by atoms with Gasteiger partial charge in [-0.15, -0.1) is 10.2 Å². The van der Waals surface area contributed by atoms with E-state index in [1.54, 1.807) is 0 Å². The molecule has 0 spiro atoms. The van der Waals surface area contributed by atoms with Crippen LogP contribution in [-0.2, 0) is 6.42 Å². The zero-order chi connectivity index (χ0) is 13.8. The zero-order valence-electron chi connectivity index (χ0n) is 9.59. The molecule has 1 amide bonds. The van der Waals surface area contributed by atoms with Crippen molar-refractivity contribution in [3.8, 4) is 0 Å². The van der Waals surface area contributed by atoms with Gasteiger partial charge in [-0.25, -0.2) is 4.79 Å². The first-order chi connectivity index (χ1) is 8.85. The van der Waals surface area contributed by atoms with Gasteiger partial charge in [0, 0.05) is 19.0 Å². The molecule has 2 aliphatic rings. The number of nitrogens with zero attached hydrogens (tertiary/aromatic N) is 3. The van der Waals surface area contributed by atoms with Crippen molar-refractivity contribution in [2.45, 2.75) is 18.5 Å². The third kappa shape index (κ3) is 2.24. The molecule has 1 unspecified atom stereocenters. The second-order valence-electron chi connectivity index (χ2n) is 4.87. The highest BCUT2D eigenvalue weighted by molar-refractivity contribution is 5.66. The molecule has 0 radical (unpaired) electrons. The van der Waals surface area contributed by atoms with Gasteiger partial charge in [0.05, 0.1) is 0 Å². The molecule has 1 aliphatic carbocycles. The van der Waals surface area contributed by atoms with Crippen LogP contribution in [0.5, 0.6) is 0 Å². The highest BCUT2D eigenvalue weighted by Gasteiger charge is 2.60. The zero-order valence-corrected chi connectivity index (χ0v) is 9.59. The number of hydrogen-bond donors (Lipinski definition) is 1. The molecule has 1 aliphatic heterocycles. The number of rotatable bonds is 2. The lowest BCUT2D eigenvalue weighted by molar-refractivity contribution is -0.130. The van der Waals surface area contributed by atoms with Crippen LogP contribution in [0.15, 0.2) is 4.42 Å². The van der Waals surface area contributed by atoms with E-state index in [1.807, 2.05) is 0 Å². The van der Waals surface area contributed by atoms with Gasteiger partial charge >= 0.3 is 12.3 Å². The summed E-state index contributed by atoms with van der Waals surface area (Å²) in [6.45, 7) is 0.753. The molecule has 1 N–H and O–H groups in total. The number of amides is 1. The standard InChI is InChI=1S/C10H10F3N3O3/c11-10(12,13)1-6-14-15-8(19-6)7-4-2-16(9(17)18)3-5(4)7/h4-5,7H,1-3H2,(H,17,18)/t4-,5+,7?. The predicted molar refractivity (Wildman–Crippen MR) is 53.4 cm³/mol. The minimum Gasteiger partial charge on any atom is -0.465 e. The van der Waals surface area contributed by atoms with Crippen molar-refractivity contribution in [3.05, 3.63) is 11.8 Å². The number of hydrogen-bond acceptors (Lipinski definition) is 4. The van der Waals surface area contributed by atoms with Crippen molar-refractivity contribution >= 4 is 6.09 Å². The topological polar surface area (TPSA) is 79.5 Å². The van der Waals surface area contributed by atoms with Gasteiger partial charge in [-0.1, -0.05) is 0 Å². The monoisotopic (exact) mass is 277 g/mol. The summed E-state index contributed by atoms with van der Waals surface area (Å²) in [5, 5.41) is 15.8. The van der Waals surface area contributed by atoms with Gasteiger partial charge in [0.25, 0.3) is 0 Å². The number of likely N-dealkylation sites (tertiary alicyclic amines) is 1. The lowest BCUT2D eigenvalue weighted by atomic mass is 10.2. The number of piperidine rings is 1. The Kier molecular flexibility index (Phi) is 2.48. The van der Waals surface area contributed by atoms with Gasteiger partial charge in [-0.2, -0.15) is 13.2 Å². The fourth-order valence-corrected chi connectivity index (χ4v) is 2.69. The minimum atomic E-state index is -4.37. The van der Waals surface area contributed by atoms with Crippen LogP contribution >= 0.6 is 0 Å². The molecule has 19 heavy (non-hydrogen) atoms. The molecule has 104 valence electrons. The number of carbonyl (C=O) groups is 1. The molecule has 0 aromatic carbocycles. The Morgan fingerprint density at radius 3 is 2.53 bits per heavy atom. The molecule has 2 fully saturated rings. The molecule has 1 saturated carbocycles. The van der Waals surface area contributed by atoms with Crippen molar-refractivity contribution < 1.29 is 27.5 Å². The molecular formula is C10H10F3N3O3. The summed E-state index contributed by atoms with van der Waals surface area (Å²) < 4.78 is 41.4. The summed E-state index contributed by atoms with van der Waals surface area (Å²) >= 11 is 0. The predicted octanol–water partition coefficient (Wildman–Crippen LogP) is 1.50. The van der Waals surface area contributed by atoms with E-state index in [-0.39, 0.29) is 23.6 Å². The van der Waals surface area contributed by atoms with Gasteiger partial charge in [-0.05, 0) is 11.8 Å². The molecule has 1 aromatic rings. The van der Waals surface area contributed by atoms with Crippen LogP contribution < -0.4 is 0 Å². The molecule has 2 heterocycles. The van der Waals surface area contributed by atoms with Crippen LogP contribution in [0, 0.1) is 11.8 Å². The van der Waals surface area contributed by atoms with Crippen LogP contribution in [0.2, 0.25) is 0 Å². The minimum absolute atomic E-state index is 0.0925. The Balaban J connectivity index is 1.63. The largest absolute Gasteiger partial charge is 0.465 e. The Labute approximate surface area is 105 Å². The van der Waals surface area contributed by atoms with E-state index < -0.39 is 24.6 Å². The van der Waals surface area contributed by atoms with Gasteiger partial charge < -0.3 is 14.4 Å². The van der Waals surface area contributed by atoms with Crippen molar-refractivity contribution in [3.63, 3.8) is 0 Å². The van der Waals surface area contributed by atoms with E-state index >= 15 is 0 Å². The first-order valence-electron chi connectivity index (χ1n) is 5.72. The number of fused-ring (bicyclic) bond motifs is 1. The third-order valence-electron chi connectivity index (χ3n) is 3.58. The first-order valence-corrected chi connectivity index (χ1v) is 5.72. The fourth-order valence-electron chi connectivity index (χ4n) is 2.69. The lowest BCUT2D eigenvalue weighted by Gasteiger charge is -2.14. The van der Waals surface area contributed by atoms with Crippen LogP contribution in [0.1, 0.15) is 17.7 Å². The second-order valence-corrected chi connectivity index (χ2v) is 4.87. The molecule has 3 atom stereocenters. The SMILES string of the molecule is O=C(O)N1C[C@@H]2C(c3nnc(CC(F)(F)F)o3)[C@@H]2C1. The maximum Gasteiger partial charge on any atom is 0.407 e. The smallest absolute Gasteiger partial charge is 0.407 e. The summed E-state index contributed by atoms with van der Waals surface area (Å²) in [5.74, 6) is -0.155. The molecule has 0 bridgehead atoms. The molecule has 1 saturated heterocycles. The normalized spacial score (nSPS) is 29.4. The average molecular weight is 277 g/mol. The molecule has 1 aromatic heterocycles. The highest BCUT2D eigenvalue weighted by atomic mass is 19.4. The van der Waals surface area contributed by atoms with E-state index in [0.29, 0.717) is 13.1 Å². The van der Waals surface area contributed by atoms with E-state index in [4.69, 9.17) is 9.52 Å². The molecule has 3 rings (SSSR count). The highest BCUT2D eigenvalue weighted by Crippen LogP contribution is 2.57. The number of alkyl halides is 3. The van der Waals surface area contributed by atoms with Crippen LogP contribution in [0.4, 0.5) is 18.0 Å². The Bertz CT molecular complexity index is 504. The summed E-state index contributed by atoms with van der Waals surface area (Å²) in [5.41, 5.74) is 0. The first kappa shape index (κ1) is 12.2. The third-order valence-corrected chi connectivity index (χ3v) is 3.58. The Morgan fingerprint density at radius 1 is 1.37 bits per heavy atom. The number of carboxylic acid groups (broad SMARTS) is 1. The lowest BCUT2D eigenvalue weighted by Crippen LogP contribution is -2.29. The molecule has 6 nitrogen and oxygen atoms in total. The van der Waals surface area contributed by atoms with Crippen molar-refractivity contribution in [1.29, 1.82) is 0 Å². The van der Waals surface area contributed by atoms with Crippen molar-refractivity contribution in [2.24, 2.45) is 11.8 Å². The quantitative estimate of drug-likeness (QED) is 0.886. The number of halogens is 3. The Morgan fingerprint density at radius 2 is 2.00 bits per heavy atom. The fraction of sp³-hybridized carbons (Fsp3) is 0.700. The Hall–Kier alpha value is -1.80. The summed E-state index contributed by atoms with van der Waals surface area (Å²) in [6.07, 6.45) is -6.58.